The standard InChI is InChI=1S/C15H27N3O3/c1-11(19)16-6-7-18-9-12(15(20)21)8-14(10-18)17-13-4-2-3-5-13/h12-14,17H,2-10H2,1H3,(H,16,19)(H,20,21). The zero-order valence-electron chi connectivity index (χ0n) is 12.8. The lowest BCUT2D eigenvalue weighted by Crippen LogP contribution is -2.54. The number of hydrogen-bond acceptors (Lipinski definition) is 4. The first kappa shape index (κ1) is 16.2. The van der Waals surface area contributed by atoms with Gasteiger partial charge < -0.3 is 15.7 Å². The lowest BCUT2D eigenvalue weighted by molar-refractivity contribution is -0.144. The van der Waals surface area contributed by atoms with Gasteiger partial charge in [0.1, 0.15) is 0 Å². The van der Waals surface area contributed by atoms with Crippen LogP contribution in [-0.2, 0) is 9.59 Å². The molecule has 1 saturated carbocycles. The van der Waals surface area contributed by atoms with Crippen molar-refractivity contribution in [2.45, 2.75) is 51.1 Å². The molecular weight excluding hydrogens is 270 g/mol. The van der Waals surface area contributed by atoms with Gasteiger partial charge in [-0.2, -0.15) is 0 Å². The van der Waals surface area contributed by atoms with Gasteiger partial charge in [0.2, 0.25) is 5.91 Å². The molecule has 0 aromatic carbocycles. The van der Waals surface area contributed by atoms with Crippen LogP contribution in [0.25, 0.3) is 0 Å². The second kappa shape index (κ2) is 7.75. The van der Waals surface area contributed by atoms with Crippen molar-refractivity contribution in [3.05, 3.63) is 0 Å². The van der Waals surface area contributed by atoms with Gasteiger partial charge in [-0.05, 0) is 19.3 Å². The van der Waals surface area contributed by atoms with Gasteiger partial charge in [-0.3, -0.25) is 14.5 Å². The van der Waals surface area contributed by atoms with Crippen LogP contribution in [0.3, 0.4) is 0 Å². The molecule has 1 heterocycles. The van der Waals surface area contributed by atoms with E-state index < -0.39 is 5.97 Å². The Morgan fingerprint density at radius 3 is 2.52 bits per heavy atom. The van der Waals surface area contributed by atoms with Crippen LogP contribution in [0.2, 0.25) is 0 Å². The van der Waals surface area contributed by atoms with Crippen LogP contribution in [0.1, 0.15) is 39.0 Å². The highest BCUT2D eigenvalue weighted by Crippen LogP contribution is 2.22. The molecule has 2 atom stereocenters. The number of carboxylic acid groups (broad SMARTS) is 1. The molecule has 1 saturated heterocycles. The third-order valence-electron chi connectivity index (χ3n) is 4.50. The van der Waals surface area contributed by atoms with E-state index in [-0.39, 0.29) is 17.9 Å². The Labute approximate surface area is 126 Å². The minimum atomic E-state index is -0.711. The maximum Gasteiger partial charge on any atom is 0.307 e. The van der Waals surface area contributed by atoms with Gasteiger partial charge in [0, 0.05) is 45.2 Å². The first-order valence-corrected chi connectivity index (χ1v) is 8.00. The van der Waals surface area contributed by atoms with Gasteiger partial charge in [-0.1, -0.05) is 12.8 Å². The fourth-order valence-electron chi connectivity index (χ4n) is 3.49. The molecule has 6 nitrogen and oxygen atoms in total. The molecule has 0 aromatic heterocycles. The summed E-state index contributed by atoms with van der Waals surface area (Å²) >= 11 is 0. The second-order valence-corrected chi connectivity index (χ2v) is 6.36. The number of piperidine rings is 1. The number of carboxylic acids is 1. The lowest BCUT2D eigenvalue weighted by atomic mass is 9.93. The Hall–Kier alpha value is -1.14. The van der Waals surface area contributed by atoms with Crippen LogP contribution in [0.5, 0.6) is 0 Å². The molecule has 2 fully saturated rings. The van der Waals surface area contributed by atoms with Crippen LogP contribution in [-0.4, -0.2) is 60.1 Å². The Morgan fingerprint density at radius 2 is 1.90 bits per heavy atom. The minimum absolute atomic E-state index is 0.0394. The van der Waals surface area contributed by atoms with E-state index in [9.17, 15) is 14.7 Å². The Morgan fingerprint density at radius 1 is 1.19 bits per heavy atom. The number of aliphatic carboxylic acids is 1. The van der Waals surface area contributed by atoms with Crippen LogP contribution in [0.4, 0.5) is 0 Å². The molecule has 1 aliphatic heterocycles. The quantitative estimate of drug-likeness (QED) is 0.662. The van der Waals surface area contributed by atoms with Crippen molar-refractivity contribution >= 4 is 11.9 Å². The molecule has 2 aliphatic rings. The Balaban J connectivity index is 1.84. The SMILES string of the molecule is CC(=O)NCCN1CC(NC2CCCC2)CC(C(=O)O)C1. The van der Waals surface area contributed by atoms with Gasteiger partial charge in [0.15, 0.2) is 0 Å². The summed E-state index contributed by atoms with van der Waals surface area (Å²) in [6, 6.07) is 0.806. The van der Waals surface area contributed by atoms with Gasteiger partial charge in [-0.25, -0.2) is 0 Å². The summed E-state index contributed by atoms with van der Waals surface area (Å²) in [5.41, 5.74) is 0. The normalized spacial score (nSPS) is 27.7. The van der Waals surface area contributed by atoms with E-state index in [1.807, 2.05) is 0 Å². The third-order valence-corrected chi connectivity index (χ3v) is 4.50. The van der Waals surface area contributed by atoms with Crippen LogP contribution in [0, 0.1) is 5.92 Å². The monoisotopic (exact) mass is 297 g/mol. The van der Waals surface area contributed by atoms with E-state index in [0.29, 0.717) is 32.1 Å². The molecule has 0 bridgehead atoms. The van der Waals surface area contributed by atoms with Crippen molar-refractivity contribution in [1.82, 2.24) is 15.5 Å². The summed E-state index contributed by atoms with van der Waals surface area (Å²) in [6.45, 7) is 4.25. The largest absolute Gasteiger partial charge is 0.481 e. The van der Waals surface area contributed by atoms with Crippen molar-refractivity contribution in [1.29, 1.82) is 0 Å². The summed E-state index contributed by atoms with van der Waals surface area (Å²) in [7, 11) is 0. The molecular formula is C15H27N3O3. The number of hydrogen-bond donors (Lipinski definition) is 3. The van der Waals surface area contributed by atoms with Crippen molar-refractivity contribution in [3.8, 4) is 0 Å². The van der Waals surface area contributed by atoms with Gasteiger partial charge in [0.05, 0.1) is 5.92 Å². The first-order chi connectivity index (χ1) is 10.0. The first-order valence-electron chi connectivity index (χ1n) is 8.00. The number of carbonyl (C=O) groups is 2. The maximum atomic E-state index is 11.3. The second-order valence-electron chi connectivity index (χ2n) is 6.36. The molecule has 21 heavy (non-hydrogen) atoms. The number of nitrogens with one attached hydrogen (secondary N) is 2. The predicted molar refractivity (Wildman–Crippen MR) is 80.0 cm³/mol. The molecule has 0 radical (unpaired) electrons. The molecule has 0 aromatic rings. The number of carbonyl (C=O) groups excluding carboxylic acids is 1. The van der Waals surface area contributed by atoms with Crippen molar-refractivity contribution in [3.63, 3.8) is 0 Å². The summed E-state index contributed by atoms with van der Waals surface area (Å²) in [5.74, 6) is -1.06. The minimum Gasteiger partial charge on any atom is -0.481 e. The number of rotatable bonds is 6. The Kier molecular flexibility index (Phi) is 5.99. The molecule has 1 aliphatic carbocycles. The summed E-state index contributed by atoms with van der Waals surface area (Å²) in [6.07, 6.45) is 5.68. The molecule has 6 heteroatoms. The fourth-order valence-corrected chi connectivity index (χ4v) is 3.49. The lowest BCUT2D eigenvalue weighted by Gasteiger charge is -2.37. The van der Waals surface area contributed by atoms with Crippen molar-refractivity contribution in [2.24, 2.45) is 5.92 Å². The molecule has 0 spiro atoms. The topological polar surface area (TPSA) is 81.7 Å². The van der Waals surface area contributed by atoms with Crippen LogP contribution < -0.4 is 10.6 Å². The Bertz CT molecular complexity index is 369. The summed E-state index contributed by atoms with van der Waals surface area (Å²) in [5, 5.41) is 15.7. The average Bonchev–Trinajstić information content (AvgIpc) is 2.91. The third kappa shape index (κ3) is 5.28. The van der Waals surface area contributed by atoms with Crippen molar-refractivity contribution < 1.29 is 14.7 Å². The van der Waals surface area contributed by atoms with Crippen LogP contribution in [0.15, 0.2) is 0 Å². The molecule has 3 N–H and O–H groups in total. The number of nitrogens with zero attached hydrogens (tertiary/aromatic N) is 1. The summed E-state index contributed by atoms with van der Waals surface area (Å²) in [4.78, 5) is 24.4. The molecule has 120 valence electrons. The predicted octanol–water partition coefficient (Wildman–Crippen LogP) is 0.430. The van der Waals surface area contributed by atoms with E-state index in [0.717, 1.165) is 6.54 Å². The van der Waals surface area contributed by atoms with E-state index in [4.69, 9.17) is 0 Å². The highest BCUT2D eigenvalue weighted by molar-refractivity contribution is 5.72. The van der Waals surface area contributed by atoms with E-state index in [2.05, 4.69) is 15.5 Å². The van der Waals surface area contributed by atoms with E-state index in [1.54, 1.807) is 0 Å². The number of amides is 1. The number of likely N-dealkylation sites (tertiary alicyclic amines) is 1. The van der Waals surface area contributed by atoms with Crippen LogP contribution >= 0.6 is 0 Å². The van der Waals surface area contributed by atoms with Crippen molar-refractivity contribution in [2.75, 3.05) is 26.2 Å². The van der Waals surface area contributed by atoms with Gasteiger partial charge in [-0.15, -0.1) is 0 Å². The zero-order chi connectivity index (χ0) is 15.2. The highest BCUT2D eigenvalue weighted by atomic mass is 16.4. The highest BCUT2D eigenvalue weighted by Gasteiger charge is 2.32. The van der Waals surface area contributed by atoms with E-state index in [1.165, 1.54) is 32.6 Å². The summed E-state index contributed by atoms with van der Waals surface area (Å²) < 4.78 is 0. The maximum absolute atomic E-state index is 11.3. The molecule has 1 amide bonds. The molecule has 2 unspecified atom stereocenters. The smallest absolute Gasteiger partial charge is 0.307 e. The fraction of sp³-hybridized carbons (Fsp3) is 0.867. The zero-order valence-corrected chi connectivity index (χ0v) is 12.8. The molecule has 2 rings (SSSR count). The van der Waals surface area contributed by atoms with Gasteiger partial charge >= 0.3 is 5.97 Å². The van der Waals surface area contributed by atoms with Gasteiger partial charge in [0.25, 0.3) is 0 Å². The van der Waals surface area contributed by atoms with E-state index >= 15 is 0 Å². The average molecular weight is 297 g/mol.